The van der Waals surface area contributed by atoms with Crippen molar-refractivity contribution < 1.29 is 4.74 Å². The lowest BCUT2D eigenvalue weighted by molar-refractivity contribution is 0.0849. The summed E-state index contributed by atoms with van der Waals surface area (Å²) in [5.41, 5.74) is 2.95. The quantitative estimate of drug-likeness (QED) is 0.509. The number of ether oxygens (including phenoxy) is 1. The van der Waals surface area contributed by atoms with Gasteiger partial charge in [-0.15, -0.1) is 0 Å². The predicted octanol–water partition coefficient (Wildman–Crippen LogP) is 1.19. The van der Waals surface area contributed by atoms with Crippen LogP contribution in [0.4, 0.5) is 0 Å². The molecule has 2 heterocycles. The molecule has 2 rings (SSSR count). The summed E-state index contributed by atoms with van der Waals surface area (Å²) in [6.45, 7) is 2.21. The molecule has 0 saturated carbocycles. The van der Waals surface area contributed by atoms with Gasteiger partial charge in [-0.25, -0.2) is 0 Å². The third-order valence-electron chi connectivity index (χ3n) is 3.48. The van der Waals surface area contributed by atoms with Crippen LogP contribution in [0, 0.1) is 5.92 Å². The summed E-state index contributed by atoms with van der Waals surface area (Å²) >= 11 is 0. The highest BCUT2D eigenvalue weighted by Crippen LogP contribution is 2.40. The largest absolute Gasteiger partial charge is 0.375 e. The van der Waals surface area contributed by atoms with Crippen LogP contribution in [0.25, 0.3) is 0 Å². The third kappa shape index (κ3) is 1.73. The minimum Gasteiger partial charge on any atom is -0.375 e. The Bertz CT molecular complexity index is 174. The minimum absolute atomic E-state index is 0.472. The van der Waals surface area contributed by atoms with Crippen molar-refractivity contribution in [2.24, 2.45) is 11.8 Å². The van der Waals surface area contributed by atoms with Crippen LogP contribution >= 0.6 is 0 Å². The summed E-state index contributed by atoms with van der Waals surface area (Å²) in [4.78, 5) is 0. The average molecular weight is 184 g/mol. The molecule has 2 bridgehead atoms. The van der Waals surface area contributed by atoms with Gasteiger partial charge in [-0.2, -0.15) is 0 Å². The minimum atomic E-state index is 0.472. The first-order chi connectivity index (χ1) is 6.35. The number of hydrazine groups is 1. The van der Waals surface area contributed by atoms with E-state index in [0.717, 1.165) is 0 Å². The summed E-state index contributed by atoms with van der Waals surface area (Å²) in [5, 5.41) is 0. The van der Waals surface area contributed by atoms with Crippen molar-refractivity contribution in [2.75, 3.05) is 0 Å². The summed E-state index contributed by atoms with van der Waals surface area (Å²) in [5.74, 6) is 6.23. The van der Waals surface area contributed by atoms with E-state index in [1.54, 1.807) is 0 Å². The van der Waals surface area contributed by atoms with Gasteiger partial charge in [0.2, 0.25) is 0 Å². The summed E-state index contributed by atoms with van der Waals surface area (Å²) in [6, 6.07) is 0.472. The number of nitrogens with one attached hydrogen (secondary N) is 1. The number of fused-ring (bicyclic) bond motifs is 2. The molecule has 0 aromatic carbocycles. The van der Waals surface area contributed by atoms with E-state index < -0.39 is 0 Å². The molecule has 3 heteroatoms. The molecule has 2 aliphatic rings. The van der Waals surface area contributed by atoms with Crippen molar-refractivity contribution in [3.63, 3.8) is 0 Å². The van der Waals surface area contributed by atoms with Crippen LogP contribution in [-0.4, -0.2) is 18.2 Å². The number of hydrogen-bond donors (Lipinski definition) is 2. The molecule has 0 aliphatic carbocycles. The zero-order valence-electron chi connectivity index (χ0n) is 8.33. The Labute approximate surface area is 80.0 Å². The van der Waals surface area contributed by atoms with Crippen molar-refractivity contribution in [2.45, 2.75) is 57.3 Å². The number of rotatable bonds is 4. The molecule has 3 nitrogen and oxygen atoms in total. The number of hydrogen-bond acceptors (Lipinski definition) is 3. The molecule has 2 saturated heterocycles. The molecule has 0 radical (unpaired) electrons. The van der Waals surface area contributed by atoms with Gasteiger partial charge < -0.3 is 4.74 Å². The highest BCUT2D eigenvalue weighted by atomic mass is 16.5. The van der Waals surface area contributed by atoms with Gasteiger partial charge in [-0.05, 0) is 25.7 Å². The first kappa shape index (κ1) is 9.44. The van der Waals surface area contributed by atoms with E-state index in [9.17, 15) is 0 Å². The molecule has 0 aromatic heterocycles. The maximum absolute atomic E-state index is 5.82. The fraction of sp³-hybridized carbons (Fsp3) is 1.00. The maximum atomic E-state index is 5.82. The monoisotopic (exact) mass is 184 g/mol. The first-order valence-corrected chi connectivity index (χ1v) is 5.46. The van der Waals surface area contributed by atoms with Gasteiger partial charge in [-0.1, -0.05) is 13.3 Å². The molecule has 4 unspecified atom stereocenters. The van der Waals surface area contributed by atoms with Crippen LogP contribution in [0.5, 0.6) is 0 Å². The average Bonchev–Trinajstić information content (AvgIpc) is 2.74. The molecule has 3 N–H and O–H groups in total. The van der Waals surface area contributed by atoms with Crippen LogP contribution in [0.15, 0.2) is 0 Å². The SMILES string of the molecule is CCCC(NN)C1CC2CCC1O2. The molecule has 13 heavy (non-hydrogen) atoms. The van der Waals surface area contributed by atoms with Crippen LogP contribution in [0.3, 0.4) is 0 Å². The van der Waals surface area contributed by atoms with Crippen LogP contribution in [0.1, 0.15) is 39.0 Å². The second kappa shape index (κ2) is 3.95. The van der Waals surface area contributed by atoms with E-state index in [-0.39, 0.29) is 0 Å². The van der Waals surface area contributed by atoms with Crippen LogP contribution in [-0.2, 0) is 4.74 Å². The standard InChI is InChI=1S/C10H20N2O/c1-2-3-9(12-11)8-6-7-4-5-10(8)13-7/h7-10,12H,2-6,11H2,1H3. The van der Waals surface area contributed by atoms with E-state index in [0.29, 0.717) is 24.2 Å². The van der Waals surface area contributed by atoms with Gasteiger partial charge in [0.05, 0.1) is 12.2 Å². The molecule has 0 aromatic rings. The lowest BCUT2D eigenvalue weighted by Gasteiger charge is -2.27. The summed E-state index contributed by atoms with van der Waals surface area (Å²) in [7, 11) is 0. The van der Waals surface area contributed by atoms with Crippen molar-refractivity contribution in [3.05, 3.63) is 0 Å². The Morgan fingerprint density at radius 2 is 2.38 bits per heavy atom. The zero-order chi connectivity index (χ0) is 9.26. The third-order valence-corrected chi connectivity index (χ3v) is 3.48. The lowest BCUT2D eigenvalue weighted by Crippen LogP contribution is -2.44. The lowest BCUT2D eigenvalue weighted by atomic mass is 9.82. The van der Waals surface area contributed by atoms with E-state index in [1.807, 2.05) is 0 Å². The Kier molecular flexibility index (Phi) is 2.86. The maximum Gasteiger partial charge on any atom is 0.0624 e. The highest BCUT2D eigenvalue weighted by Gasteiger charge is 2.43. The zero-order valence-corrected chi connectivity index (χ0v) is 8.33. The molecule has 2 aliphatic heterocycles. The van der Waals surface area contributed by atoms with Crippen molar-refractivity contribution in [1.82, 2.24) is 5.43 Å². The Morgan fingerprint density at radius 1 is 1.54 bits per heavy atom. The molecule has 2 fully saturated rings. The Hall–Kier alpha value is -0.120. The number of nitrogens with two attached hydrogens (primary N) is 1. The highest BCUT2D eigenvalue weighted by molar-refractivity contribution is 4.94. The second-order valence-electron chi connectivity index (χ2n) is 4.34. The first-order valence-electron chi connectivity index (χ1n) is 5.46. The van der Waals surface area contributed by atoms with E-state index >= 15 is 0 Å². The molecule has 4 atom stereocenters. The second-order valence-corrected chi connectivity index (χ2v) is 4.34. The van der Waals surface area contributed by atoms with Gasteiger partial charge in [0.25, 0.3) is 0 Å². The van der Waals surface area contributed by atoms with Crippen molar-refractivity contribution >= 4 is 0 Å². The molecular weight excluding hydrogens is 164 g/mol. The van der Waals surface area contributed by atoms with E-state index in [2.05, 4.69) is 12.3 Å². The summed E-state index contributed by atoms with van der Waals surface area (Å²) < 4.78 is 5.82. The Morgan fingerprint density at radius 3 is 2.85 bits per heavy atom. The van der Waals surface area contributed by atoms with E-state index in [1.165, 1.54) is 32.1 Å². The smallest absolute Gasteiger partial charge is 0.0624 e. The van der Waals surface area contributed by atoms with Crippen LogP contribution in [0.2, 0.25) is 0 Å². The van der Waals surface area contributed by atoms with Gasteiger partial charge in [0.15, 0.2) is 0 Å². The topological polar surface area (TPSA) is 47.3 Å². The van der Waals surface area contributed by atoms with Gasteiger partial charge in [0.1, 0.15) is 0 Å². The molecule has 0 amide bonds. The van der Waals surface area contributed by atoms with Gasteiger partial charge in [-0.3, -0.25) is 11.3 Å². The Balaban J connectivity index is 1.92. The van der Waals surface area contributed by atoms with Crippen molar-refractivity contribution in [1.29, 1.82) is 0 Å². The molecule has 0 spiro atoms. The molecular formula is C10H20N2O. The van der Waals surface area contributed by atoms with E-state index in [4.69, 9.17) is 10.6 Å². The molecule has 76 valence electrons. The van der Waals surface area contributed by atoms with Crippen molar-refractivity contribution in [3.8, 4) is 0 Å². The van der Waals surface area contributed by atoms with Gasteiger partial charge in [0, 0.05) is 12.0 Å². The summed E-state index contributed by atoms with van der Waals surface area (Å²) in [6.07, 6.45) is 7.15. The normalized spacial score (nSPS) is 39.7. The fourth-order valence-corrected chi connectivity index (χ4v) is 2.83. The predicted molar refractivity (Wildman–Crippen MR) is 52.0 cm³/mol. The van der Waals surface area contributed by atoms with Crippen LogP contribution < -0.4 is 11.3 Å². The fourth-order valence-electron chi connectivity index (χ4n) is 2.83. The van der Waals surface area contributed by atoms with Gasteiger partial charge >= 0.3 is 0 Å².